The van der Waals surface area contributed by atoms with Crippen molar-refractivity contribution in [3.63, 3.8) is 0 Å². The van der Waals surface area contributed by atoms with E-state index in [-0.39, 0.29) is 17.6 Å². The number of nitrogens with two attached hydrogens (primary N) is 1. The molecule has 4 saturated carbocycles. The first-order valence-corrected chi connectivity index (χ1v) is 7.94. The van der Waals surface area contributed by atoms with Crippen molar-refractivity contribution in [3.05, 3.63) is 0 Å². The SMILES string of the molecule is N[C@@H]1CCN(C(=O)NC23CC4CC(CC(C4)C2)C3)C1. The van der Waals surface area contributed by atoms with Gasteiger partial charge in [0.05, 0.1) is 0 Å². The Morgan fingerprint density at radius 2 is 1.68 bits per heavy atom. The van der Waals surface area contributed by atoms with Gasteiger partial charge in [0.2, 0.25) is 0 Å². The second-order valence-corrected chi connectivity index (χ2v) is 7.62. The van der Waals surface area contributed by atoms with Gasteiger partial charge in [-0.1, -0.05) is 0 Å². The molecule has 5 rings (SSSR count). The summed E-state index contributed by atoms with van der Waals surface area (Å²) in [4.78, 5) is 14.4. The minimum absolute atomic E-state index is 0.137. The van der Waals surface area contributed by atoms with Crippen LogP contribution in [-0.2, 0) is 0 Å². The number of nitrogens with zero attached hydrogens (tertiary/aromatic N) is 1. The molecule has 4 nitrogen and oxygen atoms in total. The van der Waals surface area contributed by atoms with E-state index in [0.717, 1.165) is 37.3 Å². The Balaban J connectivity index is 1.46. The number of amides is 2. The molecule has 0 aromatic rings. The third-order valence-corrected chi connectivity index (χ3v) is 5.92. The van der Waals surface area contributed by atoms with Gasteiger partial charge in [-0.15, -0.1) is 0 Å². The third kappa shape index (κ3) is 2.04. The molecule has 4 bridgehead atoms. The van der Waals surface area contributed by atoms with Crippen molar-refractivity contribution in [3.8, 4) is 0 Å². The van der Waals surface area contributed by atoms with E-state index in [1.165, 1.54) is 38.5 Å². The van der Waals surface area contributed by atoms with Crippen LogP contribution in [0.3, 0.4) is 0 Å². The number of carbonyl (C=O) groups excluding carboxylic acids is 1. The Labute approximate surface area is 115 Å². The highest BCUT2D eigenvalue weighted by Gasteiger charge is 2.51. The molecule has 1 saturated heterocycles. The molecular formula is C15H25N3O. The summed E-state index contributed by atoms with van der Waals surface area (Å²) in [5, 5.41) is 3.42. The highest BCUT2D eigenvalue weighted by Crippen LogP contribution is 2.55. The van der Waals surface area contributed by atoms with Crippen LogP contribution in [0.2, 0.25) is 0 Å². The smallest absolute Gasteiger partial charge is 0.317 e. The van der Waals surface area contributed by atoms with Crippen molar-refractivity contribution in [1.29, 1.82) is 0 Å². The van der Waals surface area contributed by atoms with E-state index in [4.69, 9.17) is 5.73 Å². The van der Waals surface area contributed by atoms with E-state index >= 15 is 0 Å². The monoisotopic (exact) mass is 263 g/mol. The van der Waals surface area contributed by atoms with E-state index in [1.54, 1.807) is 0 Å². The minimum atomic E-state index is 0.137. The fraction of sp³-hybridized carbons (Fsp3) is 0.933. The van der Waals surface area contributed by atoms with Crippen molar-refractivity contribution in [2.24, 2.45) is 23.5 Å². The predicted molar refractivity (Wildman–Crippen MR) is 73.6 cm³/mol. The second kappa shape index (κ2) is 4.11. The van der Waals surface area contributed by atoms with Gasteiger partial charge in [0.25, 0.3) is 0 Å². The summed E-state index contributed by atoms with van der Waals surface area (Å²) >= 11 is 0. The number of urea groups is 1. The highest BCUT2D eigenvalue weighted by molar-refractivity contribution is 5.75. The van der Waals surface area contributed by atoms with Crippen LogP contribution >= 0.6 is 0 Å². The summed E-state index contributed by atoms with van der Waals surface area (Å²) in [6.07, 6.45) is 8.89. The Bertz CT molecular complexity index is 360. The van der Waals surface area contributed by atoms with E-state index < -0.39 is 0 Å². The number of hydrogen-bond donors (Lipinski definition) is 2. The molecule has 1 heterocycles. The zero-order valence-corrected chi connectivity index (χ0v) is 11.6. The molecule has 0 radical (unpaired) electrons. The molecule has 5 aliphatic rings. The van der Waals surface area contributed by atoms with Gasteiger partial charge in [-0.3, -0.25) is 0 Å². The summed E-state index contributed by atoms with van der Waals surface area (Å²) in [7, 11) is 0. The van der Waals surface area contributed by atoms with Crippen molar-refractivity contribution in [2.45, 2.75) is 56.5 Å². The van der Waals surface area contributed by atoms with Gasteiger partial charge in [-0.25, -0.2) is 4.79 Å². The van der Waals surface area contributed by atoms with Crippen LogP contribution in [0.4, 0.5) is 4.79 Å². The van der Waals surface area contributed by atoms with Crippen LogP contribution in [0, 0.1) is 17.8 Å². The molecule has 106 valence electrons. The number of nitrogens with one attached hydrogen (secondary N) is 1. The van der Waals surface area contributed by atoms with E-state index in [0.29, 0.717) is 0 Å². The lowest BCUT2D eigenvalue weighted by Gasteiger charge is -2.57. The van der Waals surface area contributed by atoms with Crippen molar-refractivity contribution in [2.75, 3.05) is 13.1 Å². The summed E-state index contributed by atoms with van der Waals surface area (Å²) in [6.45, 7) is 1.57. The molecule has 0 unspecified atom stereocenters. The Morgan fingerprint density at radius 1 is 1.11 bits per heavy atom. The molecule has 0 aromatic heterocycles. The first-order valence-electron chi connectivity index (χ1n) is 7.94. The maximum atomic E-state index is 12.4. The lowest BCUT2D eigenvalue weighted by Crippen LogP contribution is -2.61. The molecule has 3 N–H and O–H groups in total. The predicted octanol–water partition coefficient (Wildman–Crippen LogP) is 1.70. The number of hydrogen-bond acceptors (Lipinski definition) is 2. The highest BCUT2D eigenvalue weighted by atomic mass is 16.2. The van der Waals surface area contributed by atoms with Crippen LogP contribution in [0.25, 0.3) is 0 Å². The molecule has 19 heavy (non-hydrogen) atoms. The Morgan fingerprint density at radius 3 is 2.16 bits per heavy atom. The fourth-order valence-electron chi connectivity index (χ4n) is 5.54. The van der Waals surface area contributed by atoms with E-state index in [1.807, 2.05) is 4.90 Å². The van der Waals surface area contributed by atoms with Crippen LogP contribution in [0.15, 0.2) is 0 Å². The molecular weight excluding hydrogens is 238 g/mol. The molecule has 0 spiro atoms. The average Bonchev–Trinajstić information content (AvgIpc) is 2.73. The van der Waals surface area contributed by atoms with E-state index in [2.05, 4.69) is 5.32 Å². The summed E-state index contributed by atoms with van der Waals surface area (Å²) in [5.41, 5.74) is 6.04. The van der Waals surface area contributed by atoms with Crippen molar-refractivity contribution in [1.82, 2.24) is 10.2 Å². The quantitative estimate of drug-likeness (QED) is 0.756. The standard InChI is InChI=1S/C15H25N3O/c16-13-1-2-18(9-13)14(19)17-15-6-10-3-11(7-15)5-12(4-10)8-15/h10-13H,1-9,16H2,(H,17,19)/t10?,11?,12?,13-,15?/m1/s1. The zero-order chi connectivity index (χ0) is 13.0. The van der Waals surface area contributed by atoms with Gasteiger partial charge in [-0.05, 0) is 62.7 Å². The van der Waals surface area contributed by atoms with Crippen LogP contribution < -0.4 is 11.1 Å². The second-order valence-electron chi connectivity index (χ2n) is 7.62. The number of carbonyl (C=O) groups is 1. The first-order chi connectivity index (χ1) is 9.12. The molecule has 2 amide bonds. The molecule has 4 aliphatic carbocycles. The van der Waals surface area contributed by atoms with Crippen LogP contribution in [-0.4, -0.2) is 35.6 Å². The molecule has 4 heteroatoms. The van der Waals surface area contributed by atoms with E-state index in [9.17, 15) is 4.79 Å². The normalized spacial score (nSPS) is 47.7. The molecule has 1 aliphatic heterocycles. The Hall–Kier alpha value is -0.770. The third-order valence-electron chi connectivity index (χ3n) is 5.92. The van der Waals surface area contributed by atoms with Gasteiger partial charge in [0, 0.05) is 24.7 Å². The lowest BCUT2D eigenvalue weighted by atomic mass is 9.53. The summed E-state index contributed by atoms with van der Waals surface area (Å²) in [6, 6.07) is 0.331. The zero-order valence-electron chi connectivity index (χ0n) is 11.6. The van der Waals surface area contributed by atoms with Crippen molar-refractivity contribution < 1.29 is 4.79 Å². The van der Waals surface area contributed by atoms with Gasteiger partial charge in [-0.2, -0.15) is 0 Å². The first kappa shape index (κ1) is 12.0. The topological polar surface area (TPSA) is 58.4 Å². The van der Waals surface area contributed by atoms with Gasteiger partial charge in [0.1, 0.15) is 0 Å². The van der Waals surface area contributed by atoms with Gasteiger partial charge >= 0.3 is 6.03 Å². The molecule has 0 aromatic carbocycles. The average molecular weight is 263 g/mol. The summed E-state index contributed by atoms with van der Waals surface area (Å²) in [5.74, 6) is 2.65. The van der Waals surface area contributed by atoms with Gasteiger partial charge in [0.15, 0.2) is 0 Å². The van der Waals surface area contributed by atoms with Crippen LogP contribution in [0.5, 0.6) is 0 Å². The minimum Gasteiger partial charge on any atom is -0.333 e. The Kier molecular flexibility index (Phi) is 2.60. The van der Waals surface area contributed by atoms with Crippen molar-refractivity contribution >= 4 is 6.03 Å². The molecule has 5 fully saturated rings. The largest absolute Gasteiger partial charge is 0.333 e. The number of rotatable bonds is 1. The van der Waals surface area contributed by atoms with Gasteiger partial charge < -0.3 is 16.0 Å². The number of likely N-dealkylation sites (tertiary alicyclic amines) is 1. The summed E-state index contributed by atoms with van der Waals surface area (Å²) < 4.78 is 0. The maximum absolute atomic E-state index is 12.4. The van der Waals surface area contributed by atoms with Crippen LogP contribution in [0.1, 0.15) is 44.9 Å². The molecule has 1 atom stereocenters. The maximum Gasteiger partial charge on any atom is 0.317 e. The lowest BCUT2D eigenvalue weighted by molar-refractivity contribution is -0.0153. The fourth-order valence-corrected chi connectivity index (χ4v) is 5.54.